The van der Waals surface area contributed by atoms with E-state index < -0.39 is 0 Å². The van der Waals surface area contributed by atoms with E-state index in [-0.39, 0.29) is 0 Å². The maximum absolute atomic E-state index is 4.95. The fraction of sp³-hybridized carbons (Fsp3) is 0.120. The van der Waals surface area contributed by atoms with Gasteiger partial charge in [0.2, 0.25) is 0 Å². The van der Waals surface area contributed by atoms with Crippen molar-refractivity contribution in [1.82, 2.24) is 9.97 Å². The van der Waals surface area contributed by atoms with Crippen LogP contribution in [0.25, 0.3) is 33.2 Å². The van der Waals surface area contributed by atoms with Crippen LogP contribution in [0.15, 0.2) is 85.0 Å². The third-order valence-corrected chi connectivity index (χ3v) is 5.87. The smallest absolute Gasteiger partial charge is 0.0894 e. The zero-order valence-electron chi connectivity index (χ0n) is 14.8. The van der Waals surface area contributed by atoms with Crippen molar-refractivity contribution in [2.75, 3.05) is 0 Å². The quantitative estimate of drug-likeness (QED) is 0.433. The van der Waals surface area contributed by atoms with Gasteiger partial charge in [0.05, 0.1) is 22.4 Å². The Labute approximate surface area is 157 Å². The number of pyridine rings is 2. The average molecular weight is 346 g/mol. The number of allylic oxidation sites excluding steroid dienone is 4. The van der Waals surface area contributed by atoms with E-state index in [2.05, 4.69) is 72.8 Å². The van der Waals surface area contributed by atoms with E-state index in [1.54, 1.807) is 0 Å². The Morgan fingerprint density at radius 2 is 1.48 bits per heavy atom. The largest absolute Gasteiger partial charge is 0.246 e. The molecule has 4 aromatic rings. The van der Waals surface area contributed by atoms with Crippen LogP contribution in [-0.2, 0) is 6.42 Å². The summed E-state index contributed by atoms with van der Waals surface area (Å²) in [4.78, 5) is 9.75. The summed E-state index contributed by atoms with van der Waals surface area (Å²) < 4.78 is 0. The lowest BCUT2D eigenvalue weighted by Gasteiger charge is -2.15. The van der Waals surface area contributed by atoms with E-state index in [9.17, 15) is 0 Å². The van der Waals surface area contributed by atoms with Crippen LogP contribution in [0.5, 0.6) is 0 Å². The maximum atomic E-state index is 4.95. The molecule has 0 amide bonds. The van der Waals surface area contributed by atoms with Gasteiger partial charge in [-0.25, -0.2) is 9.97 Å². The summed E-state index contributed by atoms with van der Waals surface area (Å²) in [6.07, 6.45) is 10.1. The van der Waals surface area contributed by atoms with Crippen LogP contribution in [-0.4, -0.2) is 9.97 Å². The molecule has 0 saturated carbocycles. The lowest BCUT2D eigenvalue weighted by atomic mass is 9.89. The second kappa shape index (κ2) is 5.62. The molecule has 0 radical (unpaired) electrons. The molecule has 0 bridgehead atoms. The summed E-state index contributed by atoms with van der Waals surface area (Å²) in [5.74, 6) is 1.12. The van der Waals surface area contributed by atoms with Crippen LogP contribution >= 0.6 is 0 Å². The van der Waals surface area contributed by atoms with Crippen molar-refractivity contribution >= 4 is 21.8 Å². The molecule has 27 heavy (non-hydrogen) atoms. The number of nitrogens with zero attached hydrogens (tertiary/aromatic N) is 2. The molecule has 2 nitrogen and oxygen atoms in total. The van der Waals surface area contributed by atoms with Gasteiger partial charge in [-0.15, -0.1) is 0 Å². The molecule has 0 unspecified atom stereocenters. The number of para-hydroxylation sites is 1. The number of aromatic nitrogens is 2. The molecule has 0 N–H and O–H groups in total. The van der Waals surface area contributed by atoms with E-state index in [1.807, 2.05) is 12.1 Å². The molecule has 2 heterocycles. The summed E-state index contributed by atoms with van der Waals surface area (Å²) in [6, 6.07) is 21.3. The van der Waals surface area contributed by atoms with Gasteiger partial charge in [-0.1, -0.05) is 54.6 Å². The summed E-state index contributed by atoms with van der Waals surface area (Å²) in [6.45, 7) is 0. The van der Waals surface area contributed by atoms with Crippen LogP contribution in [0.3, 0.4) is 0 Å². The molecule has 0 aliphatic heterocycles. The predicted molar refractivity (Wildman–Crippen MR) is 111 cm³/mol. The van der Waals surface area contributed by atoms with Gasteiger partial charge < -0.3 is 0 Å². The number of rotatable bonds is 1. The van der Waals surface area contributed by atoms with E-state index >= 15 is 0 Å². The first-order valence-electron chi connectivity index (χ1n) is 9.50. The van der Waals surface area contributed by atoms with Crippen LogP contribution < -0.4 is 0 Å². The molecule has 2 aliphatic rings. The fourth-order valence-corrected chi connectivity index (χ4v) is 4.51. The minimum atomic E-state index is 0.524. The van der Waals surface area contributed by atoms with Crippen molar-refractivity contribution < 1.29 is 0 Å². The second-order valence-electron chi connectivity index (χ2n) is 7.49. The zero-order chi connectivity index (χ0) is 17.8. The highest BCUT2D eigenvalue weighted by Gasteiger charge is 2.30. The van der Waals surface area contributed by atoms with E-state index in [4.69, 9.17) is 9.97 Å². The van der Waals surface area contributed by atoms with Crippen molar-refractivity contribution in [3.05, 3.63) is 96.1 Å². The summed E-state index contributed by atoms with van der Waals surface area (Å²) >= 11 is 0. The van der Waals surface area contributed by atoms with Gasteiger partial charge in [-0.2, -0.15) is 0 Å². The van der Waals surface area contributed by atoms with Gasteiger partial charge in [-0.05, 0) is 53.8 Å². The molecular weight excluding hydrogens is 328 g/mol. The molecule has 128 valence electrons. The Morgan fingerprint density at radius 3 is 2.41 bits per heavy atom. The molecule has 0 saturated heterocycles. The average Bonchev–Trinajstić information content (AvgIpc) is 3.08. The Balaban J connectivity index is 1.47. The minimum Gasteiger partial charge on any atom is -0.246 e. The van der Waals surface area contributed by atoms with Crippen LogP contribution in [0, 0.1) is 5.92 Å². The first kappa shape index (κ1) is 14.9. The molecule has 2 aromatic heterocycles. The summed E-state index contributed by atoms with van der Waals surface area (Å²) in [5, 5.41) is 2.37. The predicted octanol–water partition coefficient (Wildman–Crippen LogP) is 5.83. The Bertz CT molecular complexity index is 1270. The van der Waals surface area contributed by atoms with Gasteiger partial charge in [0.15, 0.2) is 0 Å². The molecular formula is C25H18N2. The summed E-state index contributed by atoms with van der Waals surface area (Å²) in [7, 11) is 0. The topological polar surface area (TPSA) is 25.8 Å². The maximum Gasteiger partial charge on any atom is 0.0894 e. The third kappa shape index (κ3) is 2.33. The molecule has 6 rings (SSSR count). The highest BCUT2D eigenvalue weighted by atomic mass is 14.8. The summed E-state index contributed by atoms with van der Waals surface area (Å²) in [5.41, 5.74) is 6.83. The zero-order valence-corrected chi connectivity index (χ0v) is 14.8. The van der Waals surface area contributed by atoms with Gasteiger partial charge in [0, 0.05) is 16.7 Å². The van der Waals surface area contributed by atoms with Crippen LogP contribution in [0.1, 0.15) is 17.0 Å². The van der Waals surface area contributed by atoms with Crippen molar-refractivity contribution in [2.24, 2.45) is 5.92 Å². The Hall–Kier alpha value is -3.26. The fourth-order valence-electron chi connectivity index (χ4n) is 4.51. The van der Waals surface area contributed by atoms with Crippen LogP contribution in [0.4, 0.5) is 0 Å². The molecule has 2 atom stereocenters. The molecule has 2 aliphatic carbocycles. The Morgan fingerprint density at radius 1 is 0.704 bits per heavy atom. The highest BCUT2D eigenvalue weighted by molar-refractivity contribution is 5.85. The van der Waals surface area contributed by atoms with E-state index in [0.717, 1.165) is 34.2 Å². The number of benzene rings is 2. The van der Waals surface area contributed by atoms with Crippen LogP contribution in [0.2, 0.25) is 0 Å². The van der Waals surface area contributed by atoms with Crippen molar-refractivity contribution in [1.29, 1.82) is 0 Å². The minimum absolute atomic E-state index is 0.524. The van der Waals surface area contributed by atoms with Gasteiger partial charge in [0.25, 0.3) is 0 Å². The Kier molecular flexibility index (Phi) is 3.09. The number of hydrogen-bond donors (Lipinski definition) is 0. The second-order valence-corrected chi connectivity index (χ2v) is 7.49. The third-order valence-electron chi connectivity index (χ3n) is 5.87. The number of hydrogen-bond acceptors (Lipinski definition) is 2. The first-order valence-corrected chi connectivity index (χ1v) is 9.50. The standard InChI is InChI=1S/C25H18N2/c1-3-7-20-17(6-1)13-19-15-25-18(14-21(19)20)10-12-24(27-25)23-11-9-16-5-2-4-8-22(16)26-23/h1-12,14-15,17,20H,13H2/t17-,20-/m0/s1. The van der Waals surface area contributed by atoms with E-state index in [1.165, 1.54) is 16.5 Å². The van der Waals surface area contributed by atoms with Gasteiger partial charge in [0.1, 0.15) is 0 Å². The SMILES string of the molecule is C1=C[C@@H]2c3cc4ccc(-c5ccc6ccccc6n5)nc4cc3C[C@@H]2C=C1. The van der Waals surface area contributed by atoms with Gasteiger partial charge in [-0.3, -0.25) is 0 Å². The normalized spacial score (nSPS) is 20.1. The molecule has 0 spiro atoms. The van der Waals surface area contributed by atoms with Crippen molar-refractivity contribution in [2.45, 2.75) is 12.3 Å². The number of fused-ring (bicyclic) bond motifs is 5. The van der Waals surface area contributed by atoms with Crippen molar-refractivity contribution in [3.63, 3.8) is 0 Å². The first-order chi connectivity index (χ1) is 13.3. The highest BCUT2D eigenvalue weighted by Crippen LogP contribution is 2.42. The van der Waals surface area contributed by atoms with Crippen molar-refractivity contribution in [3.8, 4) is 11.4 Å². The van der Waals surface area contributed by atoms with E-state index in [0.29, 0.717) is 11.8 Å². The lowest BCUT2D eigenvalue weighted by Crippen LogP contribution is -2.04. The van der Waals surface area contributed by atoms with Gasteiger partial charge >= 0.3 is 0 Å². The molecule has 2 heteroatoms. The monoisotopic (exact) mass is 346 g/mol. The molecule has 0 fully saturated rings. The molecule has 2 aromatic carbocycles. The lowest BCUT2D eigenvalue weighted by molar-refractivity contribution is 0.630.